The number of hydrogen-bond donors (Lipinski definition) is 0. The molecule has 5 rings (SSSR count). The molecule has 0 N–H and O–H groups in total. The van der Waals surface area contributed by atoms with E-state index < -0.39 is 10.8 Å². The topological polar surface area (TPSA) is 61.8 Å². The number of hydrogen-bond acceptors (Lipinski definition) is 5. The van der Waals surface area contributed by atoms with Crippen molar-refractivity contribution in [2.75, 3.05) is 13.2 Å². The van der Waals surface area contributed by atoms with Gasteiger partial charge in [-0.25, -0.2) is 0 Å². The average molecular weight is 457 g/mol. The van der Waals surface area contributed by atoms with Gasteiger partial charge >= 0.3 is 11.9 Å². The third-order valence-electron chi connectivity index (χ3n) is 8.37. The Kier molecular flexibility index (Phi) is 7.07. The van der Waals surface area contributed by atoms with Crippen LogP contribution in [0.4, 0.5) is 0 Å². The van der Waals surface area contributed by atoms with Crippen LogP contribution < -0.4 is 4.74 Å². The molecule has 0 saturated heterocycles. The van der Waals surface area contributed by atoms with E-state index in [2.05, 4.69) is 0 Å². The van der Waals surface area contributed by atoms with E-state index in [1.807, 2.05) is 58.0 Å². The molecule has 0 spiro atoms. The second-order valence-electron chi connectivity index (χ2n) is 11.6. The molecule has 5 heteroatoms. The van der Waals surface area contributed by atoms with E-state index in [-0.39, 0.29) is 24.6 Å². The fraction of sp³-hybridized carbons (Fsp3) is 0.714. The highest BCUT2D eigenvalue weighted by Crippen LogP contribution is 2.55. The first-order chi connectivity index (χ1) is 15.7. The fourth-order valence-corrected chi connectivity index (χ4v) is 6.73. The molecular weight excluding hydrogens is 416 g/mol. The highest BCUT2D eigenvalue weighted by atomic mass is 16.6. The SMILES string of the molecule is CCC(C)(CC(C)(C)C(=O)OCCOc1ccccc1)C(=O)OC1C2CC3CC(C2)CC1C3. The first-order valence-corrected chi connectivity index (χ1v) is 12.8. The van der Waals surface area contributed by atoms with E-state index in [9.17, 15) is 9.59 Å². The molecule has 0 amide bonds. The molecule has 4 saturated carbocycles. The molecule has 5 nitrogen and oxygen atoms in total. The van der Waals surface area contributed by atoms with Gasteiger partial charge in [-0.1, -0.05) is 25.1 Å². The van der Waals surface area contributed by atoms with E-state index in [4.69, 9.17) is 14.2 Å². The van der Waals surface area contributed by atoms with Crippen LogP contribution >= 0.6 is 0 Å². The maximum absolute atomic E-state index is 13.4. The molecule has 4 bridgehead atoms. The molecule has 0 radical (unpaired) electrons. The second-order valence-corrected chi connectivity index (χ2v) is 11.6. The lowest BCUT2D eigenvalue weighted by Crippen LogP contribution is -2.51. The minimum Gasteiger partial charge on any atom is -0.490 e. The lowest BCUT2D eigenvalue weighted by atomic mass is 9.55. The van der Waals surface area contributed by atoms with Crippen LogP contribution in [0.3, 0.4) is 0 Å². The normalized spacial score (nSPS) is 29.9. The van der Waals surface area contributed by atoms with Gasteiger partial charge in [0.1, 0.15) is 25.1 Å². The summed E-state index contributed by atoms with van der Waals surface area (Å²) in [5.41, 5.74) is -1.50. The van der Waals surface area contributed by atoms with Crippen LogP contribution in [0.15, 0.2) is 30.3 Å². The van der Waals surface area contributed by atoms with Crippen LogP contribution in [0.25, 0.3) is 0 Å². The van der Waals surface area contributed by atoms with Crippen molar-refractivity contribution < 1.29 is 23.8 Å². The quantitative estimate of drug-likeness (QED) is 0.328. The number of carbonyl (C=O) groups excluding carboxylic acids is 2. The smallest absolute Gasteiger partial charge is 0.312 e. The van der Waals surface area contributed by atoms with E-state index in [0.29, 0.717) is 31.3 Å². The Morgan fingerprint density at radius 3 is 2.06 bits per heavy atom. The molecule has 1 aromatic rings. The first-order valence-electron chi connectivity index (χ1n) is 12.8. The van der Waals surface area contributed by atoms with Gasteiger partial charge in [0.2, 0.25) is 0 Å². The zero-order valence-electron chi connectivity index (χ0n) is 20.7. The maximum Gasteiger partial charge on any atom is 0.312 e. The Morgan fingerprint density at radius 1 is 0.879 bits per heavy atom. The van der Waals surface area contributed by atoms with Crippen LogP contribution in [0.5, 0.6) is 5.75 Å². The van der Waals surface area contributed by atoms with E-state index in [0.717, 1.165) is 17.6 Å². The van der Waals surface area contributed by atoms with Gasteiger partial charge in [0.25, 0.3) is 0 Å². The lowest BCUT2D eigenvalue weighted by Gasteiger charge is -2.54. The summed E-state index contributed by atoms with van der Waals surface area (Å²) >= 11 is 0. The molecule has 4 aliphatic rings. The second kappa shape index (κ2) is 9.68. The van der Waals surface area contributed by atoms with Gasteiger partial charge in [-0.15, -0.1) is 0 Å². The van der Waals surface area contributed by atoms with Crippen molar-refractivity contribution in [3.63, 3.8) is 0 Å². The number of carbonyl (C=O) groups is 2. The molecule has 1 atom stereocenters. The molecular formula is C28H40O5. The largest absolute Gasteiger partial charge is 0.490 e. The van der Waals surface area contributed by atoms with Gasteiger partial charge in [0, 0.05) is 0 Å². The number of esters is 2. The van der Waals surface area contributed by atoms with Gasteiger partial charge < -0.3 is 14.2 Å². The molecule has 0 aromatic heterocycles. The van der Waals surface area contributed by atoms with Gasteiger partial charge in [-0.2, -0.15) is 0 Å². The van der Waals surface area contributed by atoms with Gasteiger partial charge in [0.15, 0.2) is 0 Å². The first kappa shape index (κ1) is 24.1. The van der Waals surface area contributed by atoms with Crippen molar-refractivity contribution >= 4 is 11.9 Å². The molecule has 0 heterocycles. The third-order valence-corrected chi connectivity index (χ3v) is 8.37. The van der Waals surface area contributed by atoms with E-state index in [1.165, 1.54) is 32.1 Å². The van der Waals surface area contributed by atoms with Gasteiger partial charge in [-0.05, 0) is 102 Å². The van der Waals surface area contributed by atoms with Crippen molar-refractivity contribution in [2.45, 2.75) is 78.7 Å². The summed E-state index contributed by atoms with van der Waals surface area (Å²) in [5.74, 6) is 3.07. The number of para-hydroxylation sites is 1. The number of rotatable bonds is 10. The molecule has 4 aliphatic carbocycles. The van der Waals surface area contributed by atoms with Crippen LogP contribution in [-0.4, -0.2) is 31.3 Å². The maximum atomic E-state index is 13.4. The Bertz CT molecular complexity index is 804. The molecule has 33 heavy (non-hydrogen) atoms. The summed E-state index contributed by atoms with van der Waals surface area (Å²) in [6.07, 6.45) is 7.36. The van der Waals surface area contributed by atoms with Crippen molar-refractivity contribution in [3.05, 3.63) is 30.3 Å². The lowest BCUT2D eigenvalue weighted by molar-refractivity contribution is -0.184. The number of ether oxygens (including phenoxy) is 3. The van der Waals surface area contributed by atoms with E-state index in [1.54, 1.807) is 0 Å². The minimum absolute atomic E-state index is 0.0707. The zero-order chi connectivity index (χ0) is 23.6. The molecule has 182 valence electrons. The van der Waals surface area contributed by atoms with Crippen molar-refractivity contribution in [1.82, 2.24) is 0 Å². The summed E-state index contributed by atoms with van der Waals surface area (Å²) in [6, 6.07) is 9.46. The highest BCUT2D eigenvalue weighted by molar-refractivity contribution is 5.80. The summed E-state index contributed by atoms with van der Waals surface area (Å²) in [7, 11) is 0. The molecule has 0 aliphatic heterocycles. The Morgan fingerprint density at radius 2 is 1.48 bits per heavy atom. The molecule has 1 aromatic carbocycles. The number of benzene rings is 1. The summed E-state index contributed by atoms with van der Waals surface area (Å²) in [5, 5.41) is 0. The summed E-state index contributed by atoms with van der Waals surface area (Å²) in [6.45, 7) is 8.14. The van der Waals surface area contributed by atoms with Crippen LogP contribution in [0.1, 0.15) is 72.6 Å². The third kappa shape index (κ3) is 5.38. The average Bonchev–Trinajstić information content (AvgIpc) is 2.78. The summed E-state index contributed by atoms with van der Waals surface area (Å²) < 4.78 is 17.4. The predicted octanol–water partition coefficient (Wildman–Crippen LogP) is 5.81. The minimum atomic E-state index is -0.791. The Balaban J connectivity index is 1.29. The van der Waals surface area contributed by atoms with Crippen molar-refractivity contribution in [1.29, 1.82) is 0 Å². The Labute approximate surface area is 198 Å². The zero-order valence-corrected chi connectivity index (χ0v) is 20.7. The summed E-state index contributed by atoms with van der Waals surface area (Å²) in [4.78, 5) is 26.3. The van der Waals surface area contributed by atoms with Crippen LogP contribution in [0.2, 0.25) is 0 Å². The van der Waals surface area contributed by atoms with Gasteiger partial charge in [0.05, 0.1) is 10.8 Å². The highest BCUT2D eigenvalue weighted by Gasteiger charge is 2.51. The predicted molar refractivity (Wildman–Crippen MR) is 127 cm³/mol. The molecule has 4 fully saturated rings. The van der Waals surface area contributed by atoms with Crippen molar-refractivity contribution in [2.24, 2.45) is 34.5 Å². The van der Waals surface area contributed by atoms with Crippen molar-refractivity contribution in [3.8, 4) is 5.75 Å². The fourth-order valence-electron chi connectivity index (χ4n) is 6.73. The van der Waals surface area contributed by atoms with Crippen LogP contribution in [0, 0.1) is 34.5 Å². The Hall–Kier alpha value is -2.04. The monoisotopic (exact) mass is 456 g/mol. The van der Waals surface area contributed by atoms with Gasteiger partial charge in [-0.3, -0.25) is 9.59 Å². The van der Waals surface area contributed by atoms with E-state index >= 15 is 0 Å². The molecule has 1 unspecified atom stereocenters. The standard InChI is InChI=1S/C28H40O5/c1-5-28(4,26(30)33-24-21-14-19-13-20(16-21)17-22(24)15-19)18-27(2,3)25(29)32-12-11-31-23-9-7-6-8-10-23/h6-10,19-22,24H,5,11-18H2,1-4H3. The van der Waals surface area contributed by atoms with Crippen LogP contribution in [-0.2, 0) is 19.1 Å².